The van der Waals surface area contributed by atoms with Crippen LogP contribution in [0.3, 0.4) is 0 Å². The number of nitrogens with zero attached hydrogens (tertiary/aromatic N) is 4. The third kappa shape index (κ3) is 5.20. The van der Waals surface area contributed by atoms with Gasteiger partial charge in [-0.25, -0.2) is 0 Å². The number of halogens is 1. The van der Waals surface area contributed by atoms with Crippen molar-refractivity contribution >= 4 is 46.3 Å². The molecule has 1 saturated heterocycles. The van der Waals surface area contributed by atoms with E-state index in [4.69, 9.17) is 16.0 Å². The number of hydrogen-bond donors (Lipinski definition) is 1. The second kappa shape index (κ2) is 10.0. The summed E-state index contributed by atoms with van der Waals surface area (Å²) in [6.07, 6.45) is 3.44. The topological polar surface area (TPSA) is 114 Å². The molecule has 166 valence electrons. The number of benzene rings is 2. The minimum atomic E-state index is -0.509. The van der Waals surface area contributed by atoms with Crippen LogP contribution in [0.2, 0.25) is 5.02 Å². The van der Waals surface area contributed by atoms with Crippen LogP contribution < -0.4 is 10.2 Å². The molecule has 1 aromatic heterocycles. The minimum absolute atomic E-state index is 0.0300. The number of para-hydroxylation sites is 1. The number of thioether (sulfide) groups is 1. The average molecular weight is 474 g/mol. The highest BCUT2D eigenvalue weighted by molar-refractivity contribution is 7.99. The smallest absolute Gasteiger partial charge is 0.282 e. The van der Waals surface area contributed by atoms with Crippen LogP contribution in [0.1, 0.15) is 19.3 Å². The highest BCUT2D eigenvalue weighted by Gasteiger charge is 2.21. The molecule has 0 radical (unpaired) electrons. The molecule has 1 N–H and O–H groups in total. The Hall–Kier alpha value is -3.11. The number of nitrogens with one attached hydrogen (secondary N) is 1. The third-order valence-corrected chi connectivity index (χ3v) is 6.05. The summed E-state index contributed by atoms with van der Waals surface area (Å²) in [5.74, 6) is -0.187. The summed E-state index contributed by atoms with van der Waals surface area (Å²) in [6.45, 7) is 1.88. The summed E-state index contributed by atoms with van der Waals surface area (Å²) >= 11 is 7.21. The van der Waals surface area contributed by atoms with E-state index in [1.165, 1.54) is 18.6 Å². The number of anilines is 2. The van der Waals surface area contributed by atoms with Crippen molar-refractivity contribution < 1.29 is 14.1 Å². The van der Waals surface area contributed by atoms with Crippen LogP contribution in [0.5, 0.6) is 0 Å². The van der Waals surface area contributed by atoms with E-state index >= 15 is 0 Å². The summed E-state index contributed by atoms with van der Waals surface area (Å²) in [4.78, 5) is 25.5. The molecule has 0 spiro atoms. The molecule has 0 aliphatic carbocycles. The SMILES string of the molecule is O=C(CSc1nnc(-c2ccccc2[N+](=O)[O-])o1)Nc1cc(Cl)ccc1N1CCCCC1. The minimum Gasteiger partial charge on any atom is -0.411 e. The zero-order valence-corrected chi connectivity index (χ0v) is 18.6. The van der Waals surface area contributed by atoms with Crippen molar-refractivity contribution in [1.29, 1.82) is 0 Å². The molecule has 11 heteroatoms. The van der Waals surface area contributed by atoms with Crippen molar-refractivity contribution in [3.05, 3.63) is 57.6 Å². The molecular weight excluding hydrogens is 454 g/mol. The number of carbonyl (C=O) groups excluding carboxylic acids is 1. The number of aromatic nitrogens is 2. The second-order valence-electron chi connectivity index (χ2n) is 7.19. The molecule has 0 unspecified atom stereocenters. The Morgan fingerprint density at radius 3 is 2.75 bits per heavy atom. The van der Waals surface area contributed by atoms with Gasteiger partial charge in [-0.1, -0.05) is 35.5 Å². The van der Waals surface area contributed by atoms with Gasteiger partial charge >= 0.3 is 0 Å². The number of piperidine rings is 1. The van der Waals surface area contributed by atoms with E-state index in [9.17, 15) is 14.9 Å². The predicted molar refractivity (Wildman–Crippen MR) is 123 cm³/mol. The van der Waals surface area contributed by atoms with Crippen LogP contribution in [0, 0.1) is 10.1 Å². The lowest BCUT2D eigenvalue weighted by Crippen LogP contribution is -2.30. The number of amides is 1. The van der Waals surface area contributed by atoms with Crippen LogP contribution in [-0.4, -0.2) is 39.9 Å². The quantitative estimate of drug-likeness (QED) is 0.289. The predicted octanol–water partition coefficient (Wildman–Crippen LogP) is 5.02. The van der Waals surface area contributed by atoms with E-state index in [1.54, 1.807) is 18.2 Å². The first-order valence-electron chi connectivity index (χ1n) is 10.1. The fourth-order valence-electron chi connectivity index (χ4n) is 3.52. The molecule has 1 aliphatic heterocycles. The van der Waals surface area contributed by atoms with E-state index < -0.39 is 4.92 Å². The van der Waals surface area contributed by atoms with Crippen molar-refractivity contribution in [2.24, 2.45) is 0 Å². The highest BCUT2D eigenvalue weighted by atomic mass is 35.5. The molecule has 4 rings (SSSR count). The Morgan fingerprint density at radius 1 is 1.19 bits per heavy atom. The first-order chi connectivity index (χ1) is 15.5. The Kier molecular flexibility index (Phi) is 6.91. The molecule has 0 atom stereocenters. The van der Waals surface area contributed by atoms with Gasteiger partial charge in [-0.2, -0.15) is 0 Å². The van der Waals surface area contributed by atoms with E-state index in [2.05, 4.69) is 20.4 Å². The molecule has 9 nitrogen and oxygen atoms in total. The van der Waals surface area contributed by atoms with Crippen molar-refractivity contribution in [1.82, 2.24) is 10.2 Å². The van der Waals surface area contributed by atoms with Crippen molar-refractivity contribution in [2.45, 2.75) is 24.5 Å². The Morgan fingerprint density at radius 2 is 1.97 bits per heavy atom. The van der Waals surface area contributed by atoms with Crippen molar-refractivity contribution in [3.8, 4) is 11.5 Å². The summed E-state index contributed by atoms with van der Waals surface area (Å²) in [7, 11) is 0. The monoisotopic (exact) mass is 473 g/mol. The third-order valence-electron chi connectivity index (χ3n) is 4.99. The number of carbonyl (C=O) groups is 1. The van der Waals surface area contributed by atoms with Gasteiger partial charge in [0.1, 0.15) is 5.56 Å². The zero-order chi connectivity index (χ0) is 22.5. The first-order valence-corrected chi connectivity index (χ1v) is 11.4. The van der Waals surface area contributed by atoms with Gasteiger partial charge in [0.25, 0.3) is 16.8 Å². The van der Waals surface area contributed by atoms with Crippen LogP contribution in [-0.2, 0) is 4.79 Å². The van der Waals surface area contributed by atoms with Crippen molar-refractivity contribution in [3.63, 3.8) is 0 Å². The molecule has 2 aromatic carbocycles. The molecular formula is C21H20ClN5O4S. The lowest BCUT2D eigenvalue weighted by Gasteiger charge is -2.30. The van der Waals surface area contributed by atoms with Gasteiger partial charge in [-0.05, 0) is 43.5 Å². The van der Waals surface area contributed by atoms with Gasteiger partial charge < -0.3 is 14.6 Å². The number of nitro groups is 1. The Labute approximate surface area is 193 Å². The number of nitro benzene ring substituents is 1. The van der Waals surface area contributed by atoms with Crippen LogP contribution in [0.25, 0.3) is 11.5 Å². The Bertz CT molecular complexity index is 1130. The summed E-state index contributed by atoms with van der Waals surface area (Å²) in [5, 5.41) is 22.6. The van der Waals surface area contributed by atoms with Crippen LogP contribution in [0.15, 0.2) is 52.1 Å². The van der Waals surface area contributed by atoms with Gasteiger partial charge in [-0.3, -0.25) is 14.9 Å². The fraction of sp³-hybridized carbons (Fsp3) is 0.286. The van der Waals surface area contributed by atoms with Gasteiger partial charge in [0.2, 0.25) is 5.91 Å². The molecule has 2 heterocycles. The van der Waals surface area contributed by atoms with Gasteiger partial charge in [0.05, 0.1) is 22.1 Å². The molecule has 0 bridgehead atoms. The van der Waals surface area contributed by atoms with Gasteiger partial charge in [0, 0.05) is 24.2 Å². The molecule has 1 fully saturated rings. The zero-order valence-electron chi connectivity index (χ0n) is 17.0. The lowest BCUT2D eigenvalue weighted by atomic mass is 10.1. The summed E-state index contributed by atoms with van der Waals surface area (Å²) in [6, 6.07) is 11.6. The number of hydrogen-bond acceptors (Lipinski definition) is 8. The molecule has 1 amide bonds. The van der Waals surface area contributed by atoms with Crippen LogP contribution >= 0.6 is 23.4 Å². The lowest BCUT2D eigenvalue weighted by molar-refractivity contribution is -0.384. The molecule has 3 aromatic rings. The molecule has 1 aliphatic rings. The van der Waals surface area contributed by atoms with E-state index in [1.807, 2.05) is 12.1 Å². The average Bonchev–Trinajstić information content (AvgIpc) is 3.27. The maximum atomic E-state index is 12.6. The standard InChI is InChI=1S/C21H20ClN5O4S/c22-14-8-9-18(26-10-4-1-5-11-26)16(12-14)23-19(28)13-32-21-25-24-20(31-21)15-6-2-3-7-17(15)27(29)30/h2-3,6-9,12H,1,4-5,10-11,13H2,(H,23,28). The fourth-order valence-corrected chi connectivity index (χ4v) is 4.26. The largest absolute Gasteiger partial charge is 0.411 e. The highest BCUT2D eigenvalue weighted by Crippen LogP contribution is 2.32. The second-order valence-corrected chi connectivity index (χ2v) is 8.56. The van der Waals surface area contributed by atoms with Gasteiger partial charge in [-0.15, -0.1) is 10.2 Å². The normalized spacial score (nSPS) is 13.7. The maximum Gasteiger partial charge on any atom is 0.282 e. The number of rotatable bonds is 7. The van der Waals surface area contributed by atoms with Gasteiger partial charge in [0.15, 0.2) is 0 Å². The Balaban J connectivity index is 1.42. The van der Waals surface area contributed by atoms with Crippen LogP contribution in [0.4, 0.5) is 17.1 Å². The molecule has 0 saturated carbocycles. The van der Waals surface area contributed by atoms with Crippen molar-refractivity contribution in [2.75, 3.05) is 29.1 Å². The summed E-state index contributed by atoms with van der Waals surface area (Å²) < 4.78 is 5.53. The summed E-state index contributed by atoms with van der Waals surface area (Å²) in [5.41, 5.74) is 1.71. The maximum absolute atomic E-state index is 12.6. The first kappa shape index (κ1) is 22.1. The van der Waals surface area contributed by atoms with E-state index in [0.717, 1.165) is 43.4 Å². The van der Waals surface area contributed by atoms with E-state index in [0.29, 0.717) is 10.7 Å². The molecule has 32 heavy (non-hydrogen) atoms. The van der Waals surface area contributed by atoms with E-state index in [-0.39, 0.29) is 34.0 Å².